The van der Waals surface area contributed by atoms with Crippen LogP contribution in [0.25, 0.3) is 0 Å². The number of rotatable bonds is 3. The van der Waals surface area contributed by atoms with Gasteiger partial charge >= 0.3 is 5.97 Å². The number of aromatic amines is 1. The fourth-order valence-electron chi connectivity index (χ4n) is 2.33. The maximum absolute atomic E-state index is 12.1. The molecule has 0 radical (unpaired) electrons. The first kappa shape index (κ1) is 16.7. The Balaban J connectivity index is 1.91. The lowest BCUT2D eigenvalue weighted by Crippen LogP contribution is -2.23. The molecule has 1 aromatic heterocycles. The topological polar surface area (TPSA) is 107 Å². The SMILES string of the molecule is O=C(O)c1ccc(N/N=C2/CCNC(=O)c3[nH]c(Br)c(Br)c32)cc1. The molecule has 9 heteroatoms. The number of nitrogens with one attached hydrogen (secondary N) is 3. The Morgan fingerprint density at radius 2 is 1.96 bits per heavy atom. The zero-order valence-electron chi connectivity index (χ0n) is 12.2. The molecule has 124 valence electrons. The average Bonchev–Trinajstić information content (AvgIpc) is 2.77. The summed E-state index contributed by atoms with van der Waals surface area (Å²) in [5, 5.41) is 16.1. The van der Waals surface area contributed by atoms with Gasteiger partial charge in [0.25, 0.3) is 5.91 Å². The number of nitrogens with zero attached hydrogens (tertiary/aromatic N) is 1. The number of aromatic carboxylic acids is 1. The molecular weight excluding hydrogens is 444 g/mol. The number of carboxylic acid groups (broad SMARTS) is 1. The zero-order chi connectivity index (χ0) is 17.3. The normalized spacial score (nSPS) is 15.6. The Bertz CT molecular complexity index is 843. The van der Waals surface area contributed by atoms with Crippen molar-refractivity contribution >= 4 is 55.1 Å². The number of H-pyrrole nitrogens is 1. The van der Waals surface area contributed by atoms with Gasteiger partial charge in [0.2, 0.25) is 0 Å². The lowest BCUT2D eigenvalue weighted by molar-refractivity contribution is 0.0696. The number of hydrogen-bond donors (Lipinski definition) is 4. The van der Waals surface area contributed by atoms with Crippen molar-refractivity contribution < 1.29 is 14.7 Å². The van der Waals surface area contributed by atoms with Crippen LogP contribution in [-0.4, -0.2) is 34.2 Å². The minimum Gasteiger partial charge on any atom is -0.478 e. The smallest absolute Gasteiger partial charge is 0.335 e. The highest BCUT2D eigenvalue weighted by Gasteiger charge is 2.26. The van der Waals surface area contributed by atoms with Crippen molar-refractivity contribution in [1.29, 1.82) is 0 Å². The van der Waals surface area contributed by atoms with Gasteiger partial charge in [-0.15, -0.1) is 0 Å². The molecule has 3 rings (SSSR count). The van der Waals surface area contributed by atoms with Crippen LogP contribution in [0.4, 0.5) is 5.69 Å². The van der Waals surface area contributed by atoms with Crippen molar-refractivity contribution in [2.75, 3.05) is 12.0 Å². The number of amides is 1. The van der Waals surface area contributed by atoms with Gasteiger partial charge in [-0.05, 0) is 56.1 Å². The molecule has 24 heavy (non-hydrogen) atoms. The molecule has 0 aliphatic carbocycles. The molecule has 0 bridgehead atoms. The number of carbonyl (C=O) groups excluding carboxylic acids is 1. The Hall–Kier alpha value is -2.13. The summed E-state index contributed by atoms with van der Waals surface area (Å²) in [6.07, 6.45) is 0.557. The van der Waals surface area contributed by atoms with Gasteiger partial charge in [0.1, 0.15) is 5.69 Å². The maximum Gasteiger partial charge on any atom is 0.335 e. The summed E-state index contributed by atoms with van der Waals surface area (Å²) in [5.41, 5.74) is 5.61. The molecule has 0 saturated heterocycles. The van der Waals surface area contributed by atoms with E-state index in [1.807, 2.05) is 0 Å². The Kier molecular flexibility index (Phi) is 4.72. The average molecular weight is 456 g/mol. The molecule has 1 aromatic carbocycles. The fourth-order valence-corrected chi connectivity index (χ4v) is 3.25. The van der Waals surface area contributed by atoms with Crippen LogP contribution in [0.3, 0.4) is 0 Å². The third-order valence-corrected chi connectivity index (χ3v) is 5.43. The minimum absolute atomic E-state index is 0.188. The third kappa shape index (κ3) is 3.22. The first-order valence-corrected chi connectivity index (χ1v) is 8.57. The first-order valence-electron chi connectivity index (χ1n) is 6.99. The van der Waals surface area contributed by atoms with Gasteiger partial charge in [-0.3, -0.25) is 10.2 Å². The summed E-state index contributed by atoms with van der Waals surface area (Å²) in [6, 6.07) is 6.27. The first-order chi connectivity index (χ1) is 11.5. The fraction of sp³-hybridized carbons (Fsp3) is 0.133. The molecule has 0 spiro atoms. The summed E-state index contributed by atoms with van der Waals surface area (Å²) in [6.45, 7) is 0.476. The van der Waals surface area contributed by atoms with E-state index >= 15 is 0 Å². The predicted molar refractivity (Wildman–Crippen MR) is 96.7 cm³/mol. The van der Waals surface area contributed by atoms with E-state index in [2.05, 4.69) is 52.7 Å². The summed E-state index contributed by atoms with van der Waals surface area (Å²) >= 11 is 6.82. The van der Waals surface area contributed by atoms with Crippen molar-refractivity contribution in [3.8, 4) is 0 Å². The third-order valence-electron chi connectivity index (χ3n) is 3.51. The van der Waals surface area contributed by atoms with E-state index in [9.17, 15) is 9.59 Å². The molecule has 0 atom stereocenters. The van der Waals surface area contributed by atoms with E-state index in [0.717, 1.165) is 4.47 Å². The number of carboxylic acids is 1. The van der Waals surface area contributed by atoms with Crippen LogP contribution in [0.5, 0.6) is 0 Å². The molecule has 0 unspecified atom stereocenters. The van der Waals surface area contributed by atoms with Gasteiger partial charge < -0.3 is 15.4 Å². The number of aromatic nitrogens is 1. The minimum atomic E-state index is -0.980. The second-order valence-corrected chi connectivity index (χ2v) is 6.65. The molecule has 1 amide bonds. The quantitative estimate of drug-likeness (QED) is 0.533. The summed E-state index contributed by atoms with van der Waals surface area (Å²) in [5.74, 6) is -1.17. The van der Waals surface area contributed by atoms with E-state index < -0.39 is 5.97 Å². The Morgan fingerprint density at radius 3 is 2.62 bits per heavy atom. The number of hydrazone groups is 1. The highest BCUT2D eigenvalue weighted by atomic mass is 79.9. The van der Waals surface area contributed by atoms with Crippen molar-refractivity contribution in [3.05, 3.63) is 50.2 Å². The lowest BCUT2D eigenvalue weighted by Gasteiger charge is -2.06. The number of benzene rings is 1. The number of fused-ring (bicyclic) bond motifs is 1. The summed E-state index contributed by atoms with van der Waals surface area (Å²) < 4.78 is 1.40. The molecule has 0 fully saturated rings. The molecule has 7 nitrogen and oxygen atoms in total. The molecule has 2 heterocycles. The van der Waals surface area contributed by atoms with Gasteiger partial charge in [0.05, 0.1) is 26.0 Å². The van der Waals surface area contributed by atoms with Gasteiger partial charge in [0.15, 0.2) is 0 Å². The zero-order valence-corrected chi connectivity index (χ0v) is 15.4. The van der Waals surface area contributed by atoms with Crippen LogP contribution in [0.2, 0.25) is 0 Å². The van der Waals surface area contributed by atoms with Gasteiger partial charge in [-0.25, -0.2) is 4.79 Å². The van der Waals surface area contributed by atoms with E-state index in [1.54, 1.807) is 12.1 Å². The molecule has 1 aliphatic rings. The lowest BCUT2D eigenvalue weighted by atomic mass is 10.1. The standard InChI is InChI=1S/C15H12Br2N4O3/c16-11-10-9(5-6-18-14(22)12(10)19-13(11)17)21-20-8-3-1-7(2-4-8)15(23)24/h1-4,19-20H,5-6H2,(H,18,22)(H,23,24)/b21-9-. The summed E-state index contributed by atoms with van der Waals surface area (Å²) in [4.78, 5) is 25.9. The van der Waals surface area contributed by atoms with E-state index in [0.29, 0.717) is 40.2 Å². The van der Waals surface area contributed by atoms with Crippen LogP contribution in [0.1, 0.15) is 32.8 Å². The molecule has 1 aliphatic heterocycles. The number of carbonyl (C=O) groups is 2. The molecule has 4 N–H and O–H groups in total. The van der Waals surface area contributed by atoms with E-state index in [4.69, 9.17) is 5.11 Å². The van der Waals surface area contributed by atoms with Crippen molar-refractivity contribution in [2.24, 2.45) is 5.10 Å². The summed E-state index contributed by atoms with van der Waals surface area (Å²) in [7, 11) is 0. The molecule has 2 aromatic rings. The van der Waals surface area contributed by atoms with Gasteiger partial charge in [-0.2, -0.15) is 5.10 Å². The van der Waals surface area contributed by atoms with Crippen LogP contribution < -0.4 is 10.7 Å². The predicted octanol–water partition coefficient (Wildman–Crippen LogP) is 3.19. The van der Waals surface area contributed by atoms with E-state index in [1.165, 1.54) is 12.1 Å². The van der Waals surface area contributed by atoms with E-state index in [-0.39, 0.29) is 11.5 Å². The molecule has 0 saturated carbocycles. The second-order valence-electron chi connectivity index (χ2n) is 5.06. The maximum atomic E-state index is 12.1. The molecular formula is C15H12Br2N4O3. The highest BCUT2D eigenvalue weighted by molar-refractivity contribution is 9.13. The van der Waals surface area contributed by atoms with Crippen LogP contribution in [-0.2, 0) is 0 Å². The monoisotopic (exact) mass is 454 g/mol. The highest BCUT2D eigenvalue weighted by Crippen LogP contribution is 2.31. The van der Waals surface area contributed by atoms with Crippen molar-refractivity contribution in [1.82, 2.24) is 10.3 Å². The number of anilines is 1. The number of halogens is 2. The van der Waals surface area contributed by atoms with Crippen LogP contribution in [0, 0.1) is 0 Å². The van der Waals surface area contributed by atoms with Gasteiger partial charge in [0, 0.05) is 18.5 Å². The number of hydrogen-bond acceptors (Lipinski definition) is 4. The second kappa shape index (κ2) is 6.78. The van der Waals surface area contributed by atoms with Crippen LogP contribution >= 0.6 is 31.9 Å². The van der Waals surface area contributed by atoms with Crippen LogP contribution in [0.15, 0.2) is 38.4 Å². The van der Waals surface area contributed by atoms with Crippen molar-refractivity contribution in [3.63, 3.8) is 0 Å². The Morgan fingerprint density at radius 1 is 1.25 bits per heavy atom. The largest absolute Gasteiger partial charge is 0.478 e. The van der Waals surface area contributed by atoms with Crippen molar-refractivity contribution in [2.45, 2.75) is 6.42 Å². The van der Waals surface area contributed by atoms with Gasteiger partial charge in [-0.1, -0.05) is 0 Å². The Labute approximate surface area is 153 Å².